The number of ether oxygens (including phenoxy) is 1. The third-order valence-corrected chi connectivity index (χ3v) is 2.13. The van der Waals surface area contributed by atoms with Crippen LogP contribution in [0.25, 0.3) is 0 Å². The molecule has 0 unspecified atom stereocenters. The van der Waals surface area contributed by atoms with Gasteiger partial charge < -0.3 is 15.8 Å². The third kappa shape index (κ3) is 4.58. The molecule has 3 N–H and O–H groups in total. The number of carbonyl (C=O) groups excluding carboxylic acids is 1. The third-order valence-electron chi connectivity index (χ3n) is 2.13. The van der Waals surface area contributed by atoms with Crippen LogP contribution in [-0.4, -0.2) is 25.6 Å². The first kappa shape index (κ1) is 13.1. The van der Waals surface area contributed by atoms with Gasteiger partial charge in [-0.15, -0.1) is 6.42 Å². The lowest BCUT2D eigenvalue weighted by atomic mass is 10.1. The standard InChI is InChI=1S/C13H16N2O2/c1-2-9-15-13(16)10-17-12-6-4-3-5-11(12)7-8-14/h1,3-6H,7-10,14H2,(H,15,16). The Bertz CT molecular complexity index is 410. The van der Waals surface area contributed by atoms with E-state index in [1.165, 1.54) is 0 Å². The first-order valence-electron chi connectivity index (χ1n) is 5.39. The highest BCUT2D eigenvalue weighted by molar-refractivity contribution is 5.77. The number of rotatable bonds is 6. The Labute approximate surface area is 101 Å². The van der Waals surface area contributed by atoms with Gasteiger partial charge in [0, 0.05) is 0 Å². The number of amides is 1. The molecule has 0 heterocycles. The fourth-order valence-corrected chi connectivity index (χ4v) is 1.35. The van der Waals surface area contributed by atoms with Crippen molar-refractivity contribution in [3.05, 3.63) is 29.8 Å². The number of benzene rings is 1. The molecule has 0 spiro atoms. The SMILES string of the molecule is C#CCNC(=O)COc1ccccc1CCN. The Hall–Kier alpha value is -1.99. The van der Waals surface area contributed by atoms with E-state index in [4.69, 9.17) is 16.9 Å². The van der Waals surface area contributed by atoms with Gasteiger partial charge in [-0.2, -0.15) is 0 Å². The van der Waals surface area contributed by atoms with E-state index in [0.717, 1.165) is 12.0 Å². The van der Waals surface area contributed by atoms with Crippen LogP contribution in [0.3, 0.4) is 0 Å². The molecular formula is C13H16N2O2. The molecule has 0 bridgehead atoms. The van der Waals surface area contributed by atoms with Crippen LogP contribution in [0.1, 0.15) is 5.56 Å². The second kappa shape index (κ2) is 7.31. The van der Waals surface area contributed by atoms with E-state index in [1.807, 2.05) is 24.3 Å². The molecule has 0 fully saturated rings. The summed E-state index contributed by atoms with van der Waals surface area (Å²) in [7, 11) is 0. The van der Waals surface area contributed by atoms with Crippen molar-refractivity contribution in [3.8, 4) is 18.1 Å². The van der Waals surface area contributed by atoms with Gasteiger partial charge in [0.1, 0.15) is 5.75 Å². The van der Waals surface area contributed by atoms with Crippen LogP contribution >= 0.6 is 0 Å². The predicted molar refractivity (Wildman–Crippen MR) is 66.5 cm³/mol. The fraction of sp³-hybridized carbons (Fsp3) is 0.308. The lowest BCUT2D eigenvalue weighted by Gasteiger charge is -2.10. The van der Waals surface area contributed by atoms with E-state index >= 15 is 0 Å². The van der Waals surface area contributed by atoms with Crippen molar-refractivity contribution in [3.63, 3.8) is 0 Å². The van der Waals surface area contributed by atoms with Gasteiger partial charge in [0.15, 0.2) is 6.61 Å². The van der Waals surface area contributed by atoms with Gasteiger partial charge in [0.05, 0.1) is 6.54 Å². The van der Waals surface area contributed by atoms with Gasteiger partial charge in [0.2, 0.25) is 0 Å². The molecule has 0 aliphatic carbocycles. The zero-order chi connectivity index (χ0) is 12.5. The van der Waals surface area contributed by atoms with E-state index in [-0.39, 0.29) is 19.1 Å². The number of nitrogens with one attached hydrogen (secondary N) is 1. The number of carbonyl (C=O) groups is 1. The maximum atomic E-state index is 11.3. The Balaban J connectivity index is 2.51. The molecule has 4 nitrogen and oxygen atoms in total. The number of nitrogens with two attached hydrogens (primary N) is 1. The van der Waals surface area contributed by atoms with Crippen molar-refractivity contribution in [1.29, 1.82) is 0 Å². The molecule has 17 heavy (non-hydrogen) atoms. The average molecular weight is 232 g/mol. The Morgan fingerprint density at radius 1 is 1.47 bits per heavy atom. The van der Waals surface area contributed by atoms with E-state index in [2.05, 4.69) is 11.2 Å². The van der Waals surface area contributed by atoms with Crippen LogP contribution in [0.2, 0.25) is 0 Å². The number of hydrogen-bond acceptors (Lipinski definition) is 3. The van der Waals surface area contributed by atoms with Gasteiger partial charge in [-0.3, -0.25) is 4.79 Å². The number of para-hydroxylation sites is 1. The maximum absolute atomic E-state index is 11.3. The van der Waals surface area contributed by atoms with Crippen molar-refractivity contribution in [2.75, 3.05) is 19.7 Å². The largest absolute Gasteiger partial charge is 0.483 e. The van der Waals surface area contributed by atoms with E-state index in [9.17, 15) is 4.79 Å². The lowest BCUT2D eigenvalue weighted by Crippen LogP contribution is -2.29. The van der Waals surface area contributed by atoms with Crippen LogP contribution in [0.4, 0.5) is 0 Å². The van der Waals surface area contributed by atoms with Crippen molar-refractivity contribution in [2.45, 2.75) is 6.42 Å². The molecule has 0 saturated heterocycles. The monoisotopic (exact) mass is 232 g/mol. The summed E-state index contributed by atoms with van der Waals surface area (Å²) in [5, 5.41) is 2.53. The van der Waals surface area contributed by atoms with Crippen LogP contribution in [0, 0.1) is 12.3 Å². The highest BCUT2D eigenvalue weighted by Crippen LogP contribution is 2.17. The van der Waals surface area contributed by atoms with Crippen molar-refractivity contribution >= 4 is 5.91 Å². The smallest absolute Gasteiger partial charge is 0.258 e. The highest BCUT2D eigenvalue weighted by Gasteiger charge is 2.05. The van der Waals surface area contributed by atoms with E-state index < -0.39 is 0 Å². The second-order valence-electron chi connectivity index (χ2n) is 3.42. The van der Waals surface area contributed by atoms with Crippen molar-refractivity contribution < 1.29 is 9.53 Å². The van der Waals surface area contributed by atoms with Gasteiger partial charge in [-0.1, -0.05) is 24.1 Å². The molecule has 1 aromatic carbocycles. The van der Waals surface area contributed by atoms with Gasteiger partial charge in [-0.25, -0.2) is 0 Å². The predicted octanol–water partition coefficient (Wildman–Crippen LogP) is 0.316. The molecule has 0 aromatic heterocycles. The van der Waals surface area contributed by atoms with Crippen molar-refractivity contribution in [2.24, 2.45) is 5.73 Å². The molecule has 0 radical (unpaired) electrons. The summed E-state index contributed by atoms with van der Waals surface area (Å²) < 4.78 is 5.41. The number of hydrogen-bond donors (Lipinski definition) is 2. The summed E-state index contributed by atoms with van der Waals surface area (Å²) in [6, 6.07) is 7.52. The summed E-state index contributed by atoms with van der Waals surface area (Å²) in [6.45, 7) is 0.722. The molecule has 1 rings (SSSR count). The Morgan fingerprint density at radius 3 is 2.94 bits per heavy atom. The minimum atomic E-state index is -0.231. The van der Waals surface area contributed by atoms with Crippen LogP contribution in [0.5, 0.6) is 5.75 Å². The molecule has 0 atom stereocenters. The average Bonchev–Trinajstić information content (AvgIpc) is 2.35. The minimum Gasteiger partial charge on any atom is -0.483 e. The summed E-state index contributed by atoms with van der Waals surface area (Å²) in [5.74, 6) is 2.78. The minimum absolute atomic E-state index is 0.0384. The first-order valence-corrected chi connectivity index (χ1v) is 5.39. The number of terminal acetylenes is 1. The fourth-order valence-electron chi connectivity index (χ4n) is 1.35. The zero-order valence-electron chi connectivity index (χ0n) is 9.61. The molecule has 0 aliphatic heterocycles. The molecule has 4 heteroatoms. The van der Waals surface area contributed by atoms with Crippen molar-refractivity contribution in [1.82, 2.24) is 5.32 Å². The highest BCUT2D eigenvalue weighted by atomic mass is 16.5. The molecule has 90 valence electrons. The topological polar surface area (TPSA) is 64.3 Å². The van der Waals surface area contributed by atoms with Gasteiger partial charge in [-0.05, 0) is 24.6 Å². The van der Waals surface area contributed by atoms with Crippen LogP contribution < -0.4 is 15.8 Å². The van der Waals surface area contributed by atoms with E-state index in [1.54, 1.807) is 0 Å². The molecule has 1 aromatic rings. The summed E-state index contributed by atoms with van der Waals surface area (Å²) >= 11 is 0. The maximum Gasteiger partial charge on any atom is 0.258 e. The zero-order valence-corrected chi connectivity index (χ0v) is 9.61. The quantitative estimate of drug-likeness (QED) is 0.694. The van der Waals surface area contributed by atoms with Crippen LogP contribution in [-0.2, 0) is 11.2 Å². The first-order chi connectivity index (χ1) is 8.27. The summed E-state index contributed by atoms with van der Waals surface area (Å²) in [5.41, 5.74) is 6.49. The molecule has 1 amide bonds. The normalized spacial score (nSPS) is 9.41. The summed E-state index contributed by atoms with van der Waals surface area (Å²) in [6.07, 6.45) is 5.75. The van der Waals surface area contributed by atoms with Gasteiger partial charge in [0.25, 0.3) is 5.91 Å². The Morgan fingerprint density at radius 2 is 2.24 bits per heavy atom. The van der Waals surface area contributed by atoms with E-state index in [0.29, 0.717) is 12.3 Å². The lowest BCUT2D eigenvalue weighted by molar-refractivity contribution is -0.122. The van der Waals surface area contributed by atoms with Crippen LogP contribution in [0.15, 0.2) is 24.3 Å². The summed E-state index contributed by atoms with van der Waals surface area (Å²) in [4.78, 5) is 11.3. The Kier molecular flexibility index (Phi) is 5.62. The molecular weight excluding hydrogens is 216 g/mol. The molecule has 0 aliphatic rings. The van der Waals surface area contributed by atoms with Gasteiger partial charge >= 0.3 is 0 Å². The second-order valence-corrected chi connectivity index (χ2v) is 3.42. The molecule has 0 saturated carbocycles.